The minimum absolute atomic E-state index is 0.00251. The normalized spacial score (nSPS) is 18.4. The highest BCUT2D eigenvalue weighted by Crippen LogP contribution is 2.18. The molecular weight excluding hydrogens is 382 g/mol. The Morgan fingerprint density at radius 1 is 1.35 bits per heavy atom. The first-order valence-corrected chi connectivity index (χ1v) is 10.2. The molecular formula is C15H22BrN3O3S. The first-order chi connectivity index (χ1) is 10.8. The molecule has 1 aromatic rings. The Morgan fingerprint density at radius 3 is 2.57 bits per heavy atom. The van der Waals surface area contributed by atoms with Gasteiger partial charge in [-0.2, -0.15) is 0 Å². The van der Waals surface area contributed by atoms with Crippen LogP contribution < -0.4 is 10.6 Å². The molecule has 1 saturated heterocycles. The summed E-state index contributed by atoms with van der Waals surface area (Å²) in [7, 11) is -3.14. The number of nitrogens with zero attached hydrogens (tertiary/aromatic N) is 1. The molecule has 23 heavy (non-hydrogen) atoms. The maximum atomic E-state index is 12.1. The summed E-state index contributed by atoms with van der Waals surface area (Å²) in [5.74, 6) is 0. The number of benzene rings is 1. The summed E-state index contributed by atoms with van der Waals surface area (Å²) in [6.07, 6.45) is 2.48. The van der Waals surface area contributed by atoms with E-state index >= 15 is 0 Å². The number of carbonyl (C=O) groups excluding carboxylic acids is 1. The van der Waals surface area contributed by atoms with Gasteiger partial charge in [-0.1, -0.05) is 28.1 Å². The van der Waals surface area contributed by atoms with Crippen LogP contribution in [0.4, 0.5) is 4.79 Å². The summed E-state index contributed by atoms with van der Waals surface area (Å²) in [4.78, 5) is 12.1. The molecule has 0 bridgehead atoms. The second kappa shape index (κ2) is 7.63. The quantitative estimate of drug-likeness (QED) is 0.808. The fraction of sp³-hybridized carbons (Fsp3) is 0.533. The molecule has 1 aliphatic heterocycles. The lowest BCUT2D eigenvalue weighted by molar-refractivity contribution is 0.225. The topological polar surface area (TPSA) is 78.5 Å². The Bertz CT molecular complexity index is 658. The molecule has 1 heterocycles. The maximum absolute atomic E-state index is 12.1. The Labute approximate surface area is 145 Å². The van der Waals surface area contributed by atoms with Crippen LogP contribution >= 0.6 is 15.9 Å². The standard InChI is InChI=1S/C15H22BrN3O3S/c1-11(12-4-3-5-13(16)10-12)17-15(20)18-14-6-8-19(9-7-14)23(2,21)22/h3-5,10-11,14H,6-9H2,1-2H3,(H2,17,18,20)/t11-/m0/s1. The summed E-state index contributed by atoms with van der Waals surface area (Å²) in [5, 5.41) is 5.83. The molecule has 128 valence electrons. The summed E-state index contributed by atoms with van der Waals surface area (Å²) in [6.45, 7) is 2.82. The Morgan fingerprint density at radius 2 is 2.00 bits per heavy atom. The molecule has 0 unspecified atom stereocenters. The van der Waals surface area contributed by atoms with Crippen LogP contribution in [0.5, 0.6) is 0 Å². The molecule has 0 aromatic heterocycles. The molecule has 1 atom stereocenters. The van der Waals surface area contributed by atoms with Gasteiger partial charge in [-0.15, -0.1) is 0 Å². The van der Waals surface area contributed by atoms with Crippen LogP contribution in [0.25, 0.3) is 0 Å². The number of carbonyl (C=O) groups is 1. The van der Waals surface area contributed by atoms with E-state index in [-0.39, 0.29) is 18.1 Å². The molecule has 1 aromatic carbocycles. The second-order valence-corrected chi connectivity index (χ2v) is 8.73. The van der Waals surface area contributed by atoms with E-state index in [0.717, 1.165) is 10.0 Å². The number of amides is 2. The lowest BCUT2D eigenvalue weighted by Crippen LogP contribution is -2.49. The first kappa shape index (κ1) is 18.2. The van der Waals surface area contributed by atoms with Gasteiger partial charge in [-0.3, -0.25) is 0 Å². The Hall–Kier alpha value is -1.12. The monoisotopic (exact) mass is 403 g/mol. The van der Waals surface area contributed by atoms with Crippen LogP contribution in [-0.4, -0.2) is 44.1 Å². The van der Waals surface area contributed by atoms with E-state index in [4.69, 9.17) is 0 Å². The zero-order valence-electron chi connectivity index (χ0n) is 13.3. The summed E-state index contributed by atoms with van der Waals surface area (Å²) in [6, 6.07) is 7.46. The number of urea groups is 1. The van der Waals surface area contributed by atoms with Crippen molar-refractivity contribution in [1.29, 1.82) is 0 Å². The molecule has 8 heteroatoms. The number of hydrogen-bond donors (Lipinski definition) is 2. The van der Waals surface area contributed by atoms with E-state index < -0.39 is 10.0 Å². The van der Waals surface area contributed by atoms with Gasteiger partial charge in [-0.25, -0.2) is 17.5 Å². The molecule has 1 aliphatic rings. The minimum atomic E-state index is -3.14. The Balaban J connectivity index is 1.82. The third-order valence-electron chi connectivity index (χ3n) is 3.95. The fourth-order valence-electron chi connectivity index (χ4n) is 2.61. The number of piperidine rings is 1. The number of halogens is 1. The summed E-state index contributed by atoms with van der Waals surface area (Å²) >= 11 is 3.42. The molecule has 2 rings (SSSR count). The highest BCUT2D eigenvalue weighted by atomic mass is 79.9. The van der Waals surface area contributed by atoms with Crippen LogP contribution in [0.3, 0.4) is 0 Å². The Kier molecular flexibility index (Phi) is 6.05. The van der Waals surface area contributed by atoms with Gasteiger partial charge in [-0.05, 0) is 37.5 Å². The number of rotatable bonds is 4. The lowest BCUT2D eigenvalue weighted by atomic mass is 10.1. The molecule has 0 saturated carbocycles. The summed E-state index contributed by atoms with van der Waals surface area (Å²) < 4.78 is 25.4. The van der Waals surface area contributed by atoms with Crippen molar-refractivity contribution in [3.63, 3.8) is 0 Å². The SMILES string of the molecule is C[C@H](NC(=O)NC1CCN(S(C)(=O)=O)CC1)c1cccc(Br)c1. The third-order valence-corrected chi connectivity index (χ3v) is 5.75. The van der Waals surface area contributed by atoms with Crippen LogP contribution in [0.2, 0.25) is 0 Å². The van der Waals surface area contributed by atoms with Gasteiger partial charge in [0.2, 0.25) is 10.0 Å². The largest absolute Gasteiger partial charge is 0.335 e. The smallest absolute Gasteiger partial charge is 0.315 e. The van der Waals surface area contributed by atoms with Crippen molar-refractivity contribution in [3.8, 4) is 0 Å². The number of hydrogen-bond acceptors (Lipinski definition) is 3. The first-order valence-electron chi connectivity index (χ1n) is 7.53. The molecule has 6 nitrogen and oxygen atoms in total. The van der Waals surface area contributed by atoms with Gasteiger partial charge in [0.05, 0.1) is 12.3 Å². The van der Waals surface area contributed by atoms with Gasteiger partial charge in [0, 0.05) is 23.6 Å². The molecule has 2 N–H and O–H groups in total. The van der Waals surface area contributed by atoms with Crippen molar-refractivity contribution in [2.24, 2.45) is 0 Å². The molecule has 2 amide bonds. The highest BCUT2D eigenvalue weighted by molar-refractivity contribution is 9.10. The van der Waals surface area contributed by atoms with E-state index in [2.05, 4.69) is 26.6 Å². The van der Waals surface area contributed by atoms with Crippen molar-refractivity contribution in [2.45, 2.75) is 31.8 Å². The van der Waals surface area contributed by atoms with Gasteiger partial charge < -0.3 is 10.6 Å². The van der Waals surface area contributed by atoms with Crippen LogP contribution in [0.1, 0.15) is 31.4 Å². The van der Waals surface area contributed by atoms with E-state index in [1.807, 2.05) is 31.2 Å². The van der Waals surface area contributed by atoms with E-state index in [1.165, 1.54) is 10.6 Å². The van der Waals surface area contributed by atoms with Crippen molar-refractivity contribution < 1.29 is 13.2 Å². The predicted molar refractivity (Wildman–Crippen MR) is 93.7 cm³/mol. The minimum Gasteiger partial charge on any atom is -0.335 e. The fourth-order valence-corrected chi connectivity index (χ4v) is 3.91. The van der Waals surface area contributed by atoms with Crippen LogP contribution in [0, 0.1) is 0 Å². The second-order valence-electron chi connectivity index (χ2n) is 5.83. The van der Waals surface area contributed by atoms with Crippen molar-refractivity contribution >= 4 is 32.0 Å². The van der Waals surface area contributed by atoms with Gasteiger partial charge in [0.1, 0.15) is 0 Å². The average molecular weight is 404 g/mol. The van der Waals surface area contributed by atoms with Crippen molar-refractivity contribution in [2.75, 3.05) is 19.3 Å². The van der Waals surface area contributed by atoms with Crippen LogP contribution in [0.15, 0.2) is 28.7 Å². The third kappa shape index (κ3) is 5.47. The lowest BCUT2D eigenvalue weighted by Gasteiger charge is -2.31. The zero-order chi connectivity index (χ0) is 17.0. The van der Waals surface area contributed by atoms with E-state index in [1.54, 1.807) is 0 Å². The van der Waals surface area contributed by atoms with Crippen molar-refractivity contribution in [3.05, 3.63) is 34.3 Å². The highest BCUT2D eigenvalue weighted by Gasteiger charge is 2.25. The predicted octanol–water partition coefficient (Wildman–Crippen LogP) is 2.23. The molecule has 1 fully saturated rings. The van der Waals surface area contributed by atoms with E-state index in [0.29, 0.717) is 25.9 Å². The summed E-state index contributed by atoms with van der Waals surface area (Å²) in [5.41, 5.74) is 1.02. The molecule has 0 radical (unpaired) electrons. The molecule has 0 spiro atoms. The number of sulfonamides is 1. The maximum Gasteiger partial charge on any atom is 0.315 e. The van der Waals surface area contributed by atoms with Gasteiger partial charge in [0.25, 0.3) is 0 Å². The van der Waals surface area contributed by atoms with E-state index in [9.17, 15) is 13.2 Å². The number of nitrogens with one attached hydrogen (secondary N) is 2. The van der Waals surface area contributed by atoms with Gasteiger partial charge in [0.15, 0.2) is 0 Å². The zero-order valence-corrected chi connectivity index (χ0v) is 15.7. The average Bonchev–Trinajstić information content (AvgIpc) is 2.46. The van der Waals surface area contributed by atoms with Gasteiger partial charge >= 0.3 is 6.03 Å². The van der Waals surface area contributed by atoms with Crippen molar-refractivity contribution in [1.82, 2.24) is 14.9 Å². The molecule has 0 aliphatic carbocycles. The van der Waals surface area contributed by atoms with Crippen LogP contribution in [-0.2, 0) is 10.0 Å².